The Bertz CT molecular complexity index is 254. The van der Waals surface area contributed by atoms with E-state index in [4.69, 9.17) is 4.74 Å². The fourth-order valence-electron chi connectivity index (χ4n) is 4.82. The van der Waals surface area contributed by atoms with E-state index in [1.54, 1.807) is 6.42 Å². The van der Waals surface area contributed by atoms with Gasteiger partial charge in [0.1, 0.15) is 0 Å². The molecule has 1 saturated heterocycles. The van der Waals surface area contributed by atoms with E-state index in [2.05, 4.69) is 12.4 Å². The number of rotatable bonds is 4. The van der Waals surface area contributed by atoms with Gasteiger partial charge in [0.15, 0.2) is 0 Å². The van der Waals surface area contributed by atoms with Crippen LogP contribution in [0.25, 0.3) is 0 Å². The van der Waals surface area contributed by atoms with Crippen LogP contribution in [0, 0.1) is 23.2 Å². The fourth-order valence-corrected chi connectivity index (χ4v) is 4.82. The highest BCUT2D eigenvalue weighted by Gasteiger charge is 2.44. The first-order chi connectivity index (χ1) is 8.31. The van der Waals surface area contributed by atoms with Crippen molar-refractivity contribution in [2.75, 3.05) is 26.8 Å². The van der Waals surface area contributed by atoms with Crippen molar-refractivity contribution in [3.63, 3.8) is 0 Å². The largest absolute Gasteiger partial charge is 0.381 e. The summed E-state index contributed by atoms with van der Waals surface area (Å²) in [6.45, 7) is 3.18. The van der Waals surface area contributed by atoms with Crippen LogP contribution < -0.4 is 5.32 Å². The molecular weight excluding hydrogens is 210 g/mol. The minimum Gasteiger partial charge on any atom is -0.381 e. The molecule has 0 aromatic carbocycles. The summed E-state index contributed by atoms with van der Waals surface area (Å²) in [5, 5.41) is 3.44. The Kier molecular flexibility index (Phi) is 3.45. The molecule has 1 aliphatic heterocycles. The lowest BCUT2D eigenvalue weighted by atomic mass is 9.70. The topological polar surface area (TPSA) is 21.3 Å². The van der Waals surface area contributed by atoms with Crippen molar-refractivity contribution in [3.8, 4) is 0 Å². The van der Waals surface area contributed by atoms with Gasteiger partial charge in [-0.2, -0.15) is 0 Å². The number of hydrogen-bond donors (Lipinski definition) is 1. The van der Waals surface area contributed by atoms with Gasteiger partial charge in [-0.05, 0) is 68.7 Å². The molecule has 2 bridgehead atoms. The molecule has 98 valence electrons. The first kappa shape index (κ1) is 12.0. The summed E-state index contributed by atoms with van der Waals surface area (Å²) in [5.74, 6) is 3.22. The van der Waals surface area contributed by atoms with Crippen molar-refractivity contribution < 1.29 is 4.74 Å². The van der Waals surface area contributed by atoms with Crippen molar-refractivity contribution in [3.05, 3.63) is 0 Å². The molecule has 3 unspecified atom stereocenters. The highest BCUT2D eigenvalue weighted by atomic mass is 16.5. The number of ether oxygens (including phenoxy) is 1. The molecular formula is C15H27NO. The molecule has 17 heavy (non-hydrogen) atoms. The quantitative estimate of drug-likeness (QED) is 0.812. The number of hydrogen-bond acceptors (Lipinski definition) is 2. The molecule has 0 spiro atoms. The average molecular weight is 237 g/mol. The van der Waals surface area contributed by atoms with E-state index in [0.717, 1.165) is 31.0 Å². The van der Waals surface area contributed by atoms with Crippen LogP contribution in [0.5, 0.6) is 0 Å². The lowest BCUT2D eigenvalue weighted by molar-refractivity contribution is -0.00157. The van der Waals surface area contributed by atoms with Crippen LogP contribution in [0.4, 0.5) is 0 Å². The van der Waals surface area contributed by atoms with Gasteiger partial charge in [0.05, 0.1) is 0 Å². The molecule has 1 heterocycles. The molecule has 3 aliphatic rings. The number of fused-ring (bicyclic) bond motifs is 2. The Labute approximate surface area is 105 Å². The minimum atomic E-state index is 0.558. The monoisotopic (exact) mass is 237 g/mol. The second kappa shape index (κ2) is 4.89. The smallest absolute Gasteiger partial charge is 0.0471 e. The van der Waals surface area contributed by atoms with Crippen molar-refractivity contribution in [2.24, 2.45) is 23.2 Å². The first-order valence-electron chi connectivity index (χ1n) is 7.54. The maximum absolute atomic E-state index is 5.57. The SMILES string of the molecule is CNCC1(CC2CC3CCC2C3)CCOCC1. The van der Waals surface area contributed by atoms with Crippen LogP contribution in [0.3, 0.4) is 0 Å². The highest BCUT2D eigenvalue weighted by molar-refractivity contribution is 4.95. The first-order valence-corrected chi connectivity index (χ1v) is 7.54. The van der Waals surface area contributed by atoms with Crippen molar-refractivity contribution >= 4 is 0 Å². The Morgan fingerprint density at radius 2 is 2.00 bits per heavy atom. The summed E-state index contributed by atoms with van der Waals surface area (Å²) in [7, 11) is 2.11. The Morgan fingerprint density at radius 1 is 1.18 bits per heavy atom. The molecule has 2 nitrogen and oxygen atoms in total. The molecule has 3 atom stereocenters. The van der Waals surface area contributed by atoms with Gasteiger partial charge < -0.3 is 10.1 Å². The molecule has 0 amide bonds. The fraction of sp³-hybridized carbons (Fsp3) is 1.00. The summed E-state index contributed by atoms with van der Waals surface area (Å²) in [5.41, 5.74) is 0.558. The maximum atomic E-state index is 5.57. The Hall–Kier alpha value is -0.0800. The van der Waals surface area contributed by atoms with Gasteiger partial charge in [0.2, 0.25) is 0 Å². The molecule has 2 saturated carbocycles. The third-order valence-electron chi connectivity index (χ3n) is 5.68. The van der Waals surface area contributed by atoms with Crippen LogP contribution in [-0.2, 0) is 4.74 Å². The van der Waals surface area contributed by atoms with Gasteiger partial charge in [-0.25, -0.2) is 0 Å². The average Bonchev–Trinajstić information content (AvgIpc) is 2.92. The van der Waals surface area contributed by atoms with Crippen molar-refractivity contribution in [1.29, 1.82) is 0 Å². The Balaban J connectivity index is 1.63. The van der Waals surface area contributed by atoms with E-state index in [9.17, 15) is 0 Å². The molecule has 0 aromatic heterocycles. The number of nitrogens with one attached hydrogen (secondary N) is 1. The third kappa shape index (κ3) is 2.39. The predicted octanol–water partition coefficient (Wildman–Crippen LogP) is 2.83. The van der Waals surface area contributed by atoms with Gasteiger partial charge >= 0.3 is 0 Å². The van der Waals surface area contributed by atoms with Gasteiger partial charge in [0.25, 0.3) is 0 Å². The normalized spacial score (nSPS) is 39.7. The van der Waals surface area contributed by atoms with Gasteiger partial charge in [-0.3, -0.25) is 0 Å². The van der Waals surface area contributed by atoms with Crippen LogP contribution in [0.2, 0.25) is 0 Å². The van der Waals surface area contributed by atoms with Crippen LogP contribution >= 0.6 is 0 Å². The van der Waals surface area contributed by atoms with Crippen LogP contribution in [-0.4, -0.2) is 26.8 Å². The van der Waals surface area contributed by atoms with Crippen LogP contribution in [0.15, 0.2) is 0 Å². The van der Waals surface area contributed by atoms with Gasteiger partial charge in [-0.15, -0.1) is 0 Å². The summed E-state index contributed by atoms with van der Waals surface area (Å²) < 4.78 is 5.57. The summed E-state index contributed by atoms with van der Waals surface area (Å²) >= 11 is 0. The zero-order valence-corrected chi connectivity index (χ0v) is 11.2. The van der Waals surface area contributed by atoms with E-state index in [1.807, 2.05) is 0 Å². The second-order valence-corrected chi connectivity index (χ2v) is 6.78. The van der Waals surface area contributed by atoms with E-state index < -0.39 is 0 Å². The molecule has 2 heteroatoms. The van der Waals surface area contributed by atoms with Gasteiger partial charge in [0, 0.05) is 19.8 Å². The van der Waals surface area contributed by atoms with E-state index >= 15 is 0 Å². The standard InChI is InChI=1S/C15H27NO/c1-16-11-15(4-6-17-7-5-15)10-14-9-12-2-3-13(14)8-12/h12-14,16H,2-11H2,1H3. The lowest BCUT2D eigenvalue weighted by Gasteiger charge is -2.40. The van der Waals surface area contributed by atoms with E-state index in [-0.39, 0.29) is 0 Å². The van der Waals surface area contributed by atoms with E-state index in [1.165, 1.54) is 45.1 Å². The van der Waals surface area contributed by atoms with Crippen LogP contribution in [0.1, 0.15) is 44.9 Å². The highest BCUT2D eigenvalue weighted by Crippen LogP contribution is 2.53. The summed E-state index contributed by atoms with van der Waals surface area (Å²) in [6, 6.07) is 0. The minimum absolute atomic E-state index is 0.558. The lowest BCUT2D eigenvalue weighted by Crippen LogP contribution is -2.40. The zero-order chi connectivity index (χ0) is 11.7. The molecule has 3 fully saturated rings. The Morgan fingerprint density at radius 3 is 2.59 bits per heavy atom. The zero-order valence-electron chi connectivity index (χ0n) is 11.2. The predicted molar refractivity (Wildman–Crippen MR) is 70.0 cm³/mol. The molecule has 2 aliphatic carbocycles. The van der Waals surface area contributed by atoms with Crippen molar-refractivity contribution in [2.45, 2.75) is 44.9 Å². The molecule has 0 aromatic rings. The third-order valence-corrected chi connectivity index (χ3v) is 5.68. The maximum Gasteiger partial charge on any atom is 0.0471 e. The molecule has 1 N–H and O–H groups in total. The second-order valence-electron chi connectivity index (χ2n) is 6.78. The molecule has 3 rings (SSSR count). The summed E-state index contributed by atoms with van der Waals surface area (Å²) in [4.78, 5) is 0. The summed E-state index contributed by atoms with van der Waals surface area (Å²) in [6.07, 6.45) is 10.2. The molecule has 0 radical (unpaired) electrons. The van der Waals surface area contributed by atoms with Crippen molar-refractivity contribution in [1.82, 2.24) is 5.32 Å². The van der Waals surface area contributed by atoms with Gasteiger partial charge in [-0.1, -0.05) is 6.42 Å². The van der Waals surface area contributed by atoms with E-state index in [0.29, 0.717) is 5.41 Å².